The molecule has 0 radical (unpaired) electrons. The maximum absolute atomic E-state index is 10.7. The molecule has 1 N–H and O–H groups in total. The second-order valence-electron chi connectivity index (χ2n) is 2.89. The second kappa shape index (κ2) is 3.46. The molecule has 0 amide bonds. The Kier molecular flexibility index (Phi) is 2.29. The Morgan fingerprint density at radius 3 is 2.93 bits per heavy atom. The van der Waals surface area contributed by atoms with Crippen LogP contribution >= 0.6 is 15.9 Å². The Morgan fingerprint density at radius 2 is 2.29 bits per heavy atom. The van der Waals surface area contributed by atoms with Crippen molar-refractivity contribution in [2.75, 3.05) is 7.11 Å². The average Bonchev–Trinajstić information content (AvgIpc) is 2.58. The standard InChI is InChI=1S/C10H8BrNO2/c1-14-10-3-9-7(2-8(10)11)6(5-13)4-12-9/h2-5,12H,1H3. The maximum atomic E-state index is 10.7. The van der Waals surface area contributed by atoms with Crippen LogP contribution < -0.4 is 4.74 Å². The highest BCUT2D eigenvalue weighted by atomic mass is 79.9. The number of aromatic nitrogens is 1. The number of nitrogens with one attached hydrogen (secondary N) is 1. The van der Waals surface area contributed by atoms with E-state index in [1.54, 1.807) is 13.3 Å². The van der Waals surface area contributed by atoms with Gasteiger partial charge in [-0.2, -0.15) is 0 Å². The number of fused-ring (bicyclic) bond motifs is 1. The number of carbonyl (C=O) groups excluding carboxylic acids is 1. The van der Waals surface area contributed by atoms with Crippen molar-refractivity contribution in [2.24, 2.45) is 0 Å². The summed E-state index contributed by atoms with van der Waals surface area (Å²) < 4.78 is 5.98. The normalized spacial score (nSPS) is 10.4. The summed E-state index contributed by atoms with van der Waals surface area (Å²) in [6, 6.07) is 3.72. The fraction of sp³-hybridized carbons (Fsp3) is 0.100. The molecule has 0 aliphatic carbocycles. The third-order valence-corrected chi connectivity index (χ3v) is 2.73. The zero-order chi connectivity index (χ0) is 10.1. The predicted octanol–water partition coefficient (Wildman–Crippen LogP) is 2.75. The SMILES string of the molecule is COc1cc2[nH]cc(C=O)c2cc1Br. The van der Waals surface area contributed by atoms with Crippen molar-refractivity contribution < 1.29 is 9.53 Å². The van der Waals surface area contributed by atoms with Gasteiger partial charge in [0.15, 0.2) is 6.29 Å². The third-order valence-electron chi connectivity index (χ3n) is 2.11. The molecule has 0 aliphatic heterocycles. The van der Waals surface area contributed by atoms with Gasteiger partial charge in [-0.15, -0.1) is 0 Å². The summed E-state index contributed by atoms with van der Waals surface area (Å²) in [6.07, 6.45) is 2.52. The van der Waals surface area contributed by atoms with Gasteiger partial charge in [0, 0.05) is 28.7 Å². The molecule has 0 atom stereocenters. The third kappa shape index (κ3) is 1.32. The number of carbonyl (C=O) groups is 1. The molecule has 2 aromatic rings. The van der Waals surface area contributed by atoms with E-state index in [4.69, 9.17) is 4.74 Å². The van der Waals surface area contributed by atoms with Gasteiger partial charge in [-0.1, -0.05) is 0 Å². The lowest BCUT2D eigenvalue weighted by atomic mass is 10.2. The van der Waals surface area contributed by atoms with Crippen LogP contribution in [0.5, 0.6) is 5.75 Å². The Bertz CT molecular complexity index is 490. The number of benzene rings is 1. The van der Waals surface area contributed by atoms with Crippen molar-refractivity contribution in [1.82, 2.24) is 4.98 Å². The Hall–Kier alpha value is -1.29. The molecule has 72 valence electrons. The van der Waals surface area contributed by atoms with Crippen LogP contribution in [0.4, 0.5) is 0 Å². The summed E-state index contributed by atoms with van der Waals surface area (Å²) in [5, 5.41) is 0.896. The van der Waals surface area contributed by atoms with Gasteiger partial charge in [0.1, 0.15) is 5.75 Å². The fourth-order valence-corrected chi connectivity index (χ4v) is 1.90. The number of aldehydes is 1. The van der Waals surface area contributed by atoms with Crippen molar-refractivity contribution in [3.8, 4) is 5.75 Å². The molecule has 4 heteroatoms. The number of rotatable bonds is 2. The molecule has 0 bridgehead atoms. The van der Waals surface area contributed by atoms with Crippen molar-refractivity contribution in [3.05, 3.63) is 28.4 Å². The maximum Gasteiger partial charge on any atom is 0.152 e. The number of methoxy groups -OCH3 is 1. The number of hydrogen-bond acceptors (Lipinski definition) is 2. The highest BCUT2D eigenvalue weighted by molar-refractivity contribution is 9.10. The van der Waals surface area contributed by atoms with E-state index in [2.05, 4.69) is 20.9 Å². The van der Waals surface area contributed by atoms with E-state index >= 15 is 0 Å². The smallest absolute Gasteiger partial charge is 0.152 e. The minimum atomic E-state index is 0.656. The number of H-pyrrole nitrogens is 1. The molecule has 0 saturated carbocycles. The second-order valence-corrected chi connectivity index (χ2v) is 3.75. The molecule has 3 nitrogen and oxygen atoms in total. The van der Waals surface area contributed by atoms with Crippen LogP contribution in [0, 0.1) is 0 Å². The van der Waals surface area contributed by atoms with Crippen molar-refractivity contribution >= 4 is 33.1 Å². The lowest BCUT2D eigenvalue weighted by Crippen LogP contribution is -1.84. The van der Waals surface area contributed by atoms with Gasteiger partial charge >= 0.3 is 0 Å². The van der Waals surface area contributed by atoms with Gasteiger partial charge < -0.3 is 9.72 Å². The Balaban J connectivity index is 2.75. The molecule has 0 spiro atoms. The fourth-order valence-electron chi connectivity index (χ4n) is 1.40. The van der Waals surface area contributed by atoms with E-state index in [0.717, 1.165) is 27.4 Å². The van der Waals surface area contributed by atoms with Crippen LogP contribution in [0.15, 0.2) is 22.8 Å². The largest absolute Gasteiger partial charge is 0.495 e. The zero-order valence-electron chi connectivity index (χ0n) is 7.50. The first-order valence-electron chi connectivity index (χ1n) is 4.06. The summed E-state index contributed by atoms with van der Waals surface area (Å²) in [4.78, 5) is 13.7. The number of aromatic amines is 1. The van der Waals surface area contributed by atoms with Crippen LogP contribution in [-0.4, -0.2) is 18.4 Å². The monoisotopic (exact) mass is 253 g/mol. The first kappa shape index (κ1) is 9.27. The number of hydrogen-bond donors (Lipinski definition) is 1. The number of halogens is 1. The average molecular weight is 254 g/mol. The van der Waals surface area contributed by atoms with Gasteiger partial charge in [-0.3, -0.25) is 4.79 Å². The molecular weight excluding hydrogens is 246 g/mol. The Morgan fingerprint density at radius 1 is 1.50 bits per heavy atom. The molecule has 0 saturated heterocycles. The van der Waals surface area contributed by atoms with Crippen LogP contribution in [0.2, 0.25) is 0 Å². The molecular formula is C10H8BrNO2. The van der Waals surface area contributed by atoms with Crippen molar-refractivity contribution in [2.45, 2.75) is 0 Å². The van der Waals surface area contributed by atoms with Crippen LogP contribution in [0.25, 0.3) is 10.9 Å². The minimum Gasteiger partial charge on any atom is -0.495 e. The van der Waals surface area contributed by atoms with Crippen molar-refractivity contribution in [3.63, 3.8) is 0 Å². The molecule has 0 unspecified atom stereocenters. The Labute approximate surface area is 89.2 Å². The van der Waals surface area contributed by atoms with Gasteiger partial charge in [-0.25, -0.2) is 0 Å². The van der Waals surface area contributed by atoms with Crippen LogP contribution in [0.1, 0.15) is 10.4 Å². The highest BCUT2D eigenvalue weighted by Crippen LogP contribution is 2.30. The molecule has 1 aromatic heterocycles. The minimum absolute atomic E-state index is 0.656. The molecule has 2 rings (SSSR count). The van der Waals surface area contributed by atoms with Gasteiger partial charge in [0.25, 0.3) is 0 Å². The predicted molar refractivity (Wildman–Crippen MR) is 57.9 cm³/mol. The molecule has 1 aromatic carbocycles. The first-order chi connectivity index (χ1) is 6.76. The highest BCUT2D eigenvalue weighted by Gasteiger charge is 2.07. The zero-order valence-corrected chi connectivity index (χ0v) is 9.09. The van der Waals surface area contributed by atoms with Gasteiger partial charge in [0.05, 0.1) is 11.6 Å². The summed E-state index contributed by atoms with van der Waals surface area (Å²) in [6.45, 7) is 0. The lowest BCUT2D eigenvalue weighted by molar-refractivity contribution is 0.112. The molecule has 0 fully saturated rings. The van der Waals surface area contributed by atoms with E-state index in [1.807, 2.05) is 12.1 Å². The summed E-state index contributed by atoms with van der Waals surface area (Å²) in [5.74, 6) is 0.747. The van der Waals surface area contributed by atoms with Gasteiger partial charge in [-0.05, 0) is 22.0 Å². The summed E-state index contributed by atoms with van der Waals surface area (Å²) in [5.41, 5.74) is 1.55. The quantitative estimate of drug-likeness (QED) is 0.837. The topological polar surface area (TPSA) is 42.1 Å². The number of ether oxygens (including phenoxy) is 1. The lowest BCUT2D eigenvalue weighted by Gasteiger charge is -2.02. The van der Waals surface area contributed by atoms with E-state index in [1.165, 1.54) is 0 Å². The van der Waals surface area contributed by atoms with Gasteiger partial charge in [0.2, 0.25) is 0 Å². The molecule has 0 aliphatic rings. The molecule has 1 heterocycles. The van der Waals surface area contributed by atoms with E-state index in [0.29, 0.717) is 5.56 Å². The molecule has 14 heavy (non-hydrogen) atoms. The van der Waals surface area contributed by atoms with Crippen LogP contribution in [0.3, 0.4) is 0 Å². The van der Waals surface area contributed by atoms with E-state index in [-0.39, 0.29) is 0 Å². The first-order valence-corrected chi connectivity index (χ1v) is 4.85. The summed E-state index contributed by atoms with van der Waals surface area (Å²) >= 11 is 3.37. The van der Waals surface area contributed by atoms with E-state index in [9.17, 15) is 4.79 Å². The van der Waals surface area contributed by atoms with Crippen molar-refractivity contribution in [1.29, 1.82) is 0 Å². The summed E-state index contributed by atoms with van der Waals surface area (Å²) in [7, 11) is 1.61. The van der Waals surface area contributed by atoms with E-state index < -0.39 is 0 Å². The van der Waals surface area contributed by atoms with Crippen LogP contribution in [-0.2, 0) is 0 Å².